The lowest BCUT2D eigenvalue weighted by molar-refractivity contribution is 0.587. The van der Waals surface area contributed by atoms with Crippen LogP contribution in [0.4, 0.5) is 0 Å². The predicted octanol–water partition coefficient (Wildman–Crippen LogP) is 4.29. The number of hydrogen-bond donors (Lipinski definition) is 1. The lowest BCUT2D eigenvalue weighted by atomic mass is 10.1. The summed E-state index contributed by atoms with van der Waals surface area (Å²) in [5, 5.41) is 2.95. The summed E-state index contributed by atoms with van der Waals surface area (Å²) in [6.07, 6.45) is 4.75. The summed E-state index contributed by atoms with van der Waals surface area (Å²) >= 11 is 7.83. The normalized spacial score (nSPS) is 13.1. The molecular formula is C11H18ClNS. The first-order chi connectivity index (χ1) is 6.66. The van der Waals surface area contributed by atoms with Crippen molar-refractivity contribution in [1.29, 1.82) is 0 Å². The summed E-state index contributed by atoms with van der Waals surface area (Å²) < 4.78 is 0. The average Bonchev–Trinajstić information content (AvgIpc) is 2.48. The Morgan fingerprint density at radius 3 is 2.71 bits per heavy atom. The van der Waals surface area contributed by atoms with Crippen molar-refractivity contribution in [1.82, 2.24) is 0 Å². The number of halogens is 1. The van der Waals surface area contributed by atoms with Crippen LogP contribution in [0.1, 0.15) is 49.1 Å². The molecule has 0 amide bonds. The number of aryl methyl sites for hydroxylation is 1. The zero-order valence-electron chi connectivity index (χ0n) is 8.85. The van der Waals surface area contributed by atoms with E-state index in [1.807, 2.05) is 6.92 Å². The van der Waals surface area contributed by atoms with Gasteiger partial charge in [-0.1, -0.05) is 37.8 Å². The summed E-state index contributed by atoms with van der Waals surface area (Å²) in [4.78, 5) is 1.15. The number of thiophene rings is 1. The molecule has 0 aliphatic rings. The Kier molecular flexibility index (Phi) is 4.93. The van der Waals surface area contributed by atoms with E-state index in [9.17, 15) is 0 Å². The van der Waals surface area contributed by atoms with Crippen molar-refractivity contribution in [2.24, 2.45) is 5.73 Å². The molecular weight excluding hydrogens is 214 g/mol. The molecule has 0 bridgehead atoms. The largest absolute Gasteiger partial charge is 0.323 e. The van der Waals surface area contributed by atoms with Crippen molar-refractivity contribution in [3.63, 3.8) is 0 Å². The van der Waals surface area contributed by atoms with Crippen molar-refractivity contribution in [3.05, 3.63) is 20.8 Å². The van der Waals surface area contributed by atoms with Gasteiger partial charge in [0.1, 0.15) is 0 Å². The maximum absolute atomic E-state index is 6.15. The van der Waals surface area contributed by atoms with Crippen molar-refractivity contribution in [2.45, 2.75) is 45.6 Å². The zero-order chi connectivity index (χ0) is 10.6. The molecule has 0 fully saturated rings. The standard InChI is InChI=1S/C11H18ClNS/c1-3-4-5-6-9(13)11-10(12)8(2)7-14-11/h7,9H,3-6,13H2,1-2H3. The summed E-state index contributed by atoms with van der Waals surface area (Å²) in [5.74, 6) is 0. The number of nitrogens with two attached hydrogens (primary N) is 1. The summed E-state index contributed by atoms with van der Waals surface area (Å²) in [6, 6.07) is 0.132. The quantitative estimate of drug-likeness (QED) is 0.752. The van der Waals surface area contributed by atoms with Gasteiger partial charge in [-0.15, -0.1) is 11.3 Å². The average molecular weight is 232 g/mol. The highest BCUT2D eigenvalue weighted by molar-refractivity contribution is 7.10. The maximum atomic E-state index is 6.15. The summed E-state index contributed by atoms with van der Waals surface area (Å²) in [5.41, 5.74) is 7.23. The van der Waals surface area contributed by atoms with E-state index >= 15 is 0 Å². The second-order valence-electron chi connectivity index (χ2n) is 3.70. The van der Waals surface area contributed by atoms with E-state index in [0.29, 0.717) is 0 Å². The molecule has 1 rings (SSSR count). The molecule has 0 saturated carbocycles. The molecule has 14 heavy (non-hydrogen) atoms. The Morgan fingerprint density at radius 1 is 1.50 bits per heavy atom. The van der Waals surface area contributed by atoms with Crippen LogP contribution in [0.5, 0.6) is 0 Å². The minimum absolute atomic E-state index is 0.132. The van der Waals surface area contributed by atoms with E-state index in [4.69, 9.17) is 17.3 Å². The first-order valence-electron chi connectivity index (χ1n) is 5.15. The molecule has 2 N–H and O–H groups in total. The van der Waals surface area contributed by atoms with Crippen LogP contribution >= 0.6 is 22.9 Å². The molecule has 80 valence electrons. The van der Waals surface area contributed by atoms with Crippen molar-refractivity contribution < 1.29 is 0 Å². The van der Waals surface area contributed by atoms with Gasteiger partial charge >= 0.3 is 0 Å². The maximum Gasteiger partial charge on any atom is 0.0590 e. The first-order valence-corrected chi connectivity index (χ1v) is 6.41. The number of unbranched alkanes of at least 4 members (excludes halogenated alkanes) is 2. The highest BCUT2D eigenvalue weighted by Gasteiger charge is 2.13. The third kappa shape index (κ3) is 2.97. The molecule has 0 saturated heterocycles. The number of rotatable bonds is 5. The van der Waals surface area contributed by atoms with Crippen molar-refractivity contribution in [3.8, 4) is 0 Å². The molecule has 1 heterocycles. The lowest BCUT2D eigenvalue weighted by Crippen LogP contribution is -2.08. The predicted molar refractivity (Wildman–Crippen MR) is 65.1 cm³/mol. The van der Waals surface area contributed by atoms with E-state index in [1.165, 1.54) is 19.3 Å². The monoisotopic (exact) mass is 231 g/mol. The van der Waals surface area contributed by atoms with Crippen LogP contribution < -0.4 is 5.73 Å². The van der Waals surface area contributed by atoms with Crippen LogP contribution in [0.3, 0.4) is 0 Å². The fraction of sp³-hybridized carbons (Fsp3) is 0.636. The highest BCUT2D eigenvalue weighted by atomic mass is 35.5. The molecule has 1 aromatic heterocycles. The fourth-order valence-electron chi connectivity index (χ4n) is 1.45. The lowest BCUT2D eigenvalue weighted by Gasteiger charge is -2.09. The second-order valence-corrected chi connectivity index (χ2v) is 4.99. The van der Waals surface area contributed by atoms with Crippen LogP contribution in [-0.4, -0.2) is 0 Å². The minimum Gasteiger partial charge on any atom is -0.323 e. The van der Waals surface area contributed by atoms with Crippen LogP contribution in [0.2, 0.25) is 5.02 Å². The van der Waals surface area contributed by atoms with Crippen molar-refractivity contribution >= 4 is 22.9 Å². The topological polar surface area (TPSA) is 26.0 Å². The van der Waals surface area contributed by atoms with Crippen molar-refractivity contribution in [2.75, 3.05) is 0 Å². The molecule has 1 nitrogen and oxygen atoms in total. The zero-order valence-corrected chi connectivity index (χ0v) is 10.4. The van der Waals surface area contributed by atoms with Gasteiger partial charge in [0.15, 0.2) is 0 Å². The number of hydrogen-bond acceptors (Lipinski definition) is 2. The van der Waals surface area contributed by atoms with Gasteiger partial charge in [-0.2, -0.15) is 0 Å². The smallest absolute Gasteiger partial charge is 0.0590 e. The second kappa shape index (κ2) is 5.74. The Morgan fingerprint density at radius 2 is 2.21 bits per heavy atom. The third-order valence-electron chi connectivity index (χ3n) is 2.38. The van der Waals surface area contributed by atoms with E-state index in [1.54, 1.807) is 11.3 Å². The van der Waals surface area contributed by atoms with Gasteiger partial charge in [-0.3, -0.25) is 0 Å². The van der Waals surface area contributed by atoms with Crippen LogP contribution in [-0.2, 0) is 0 Å². The Labute approximate surface area is 95.3 Å². The van der Waals surface area contributed by atoms with E-state index in [0.717, 1.165) is 21.9 Å². The molecule has 0 radical (unpaired) electrons. The van der Waals surface area contributed by atoms with Gasteiger partial charge in [0.25, 0.3) is 0 Å². The van der Waals surface area contributed by atoms with Gasteiger partial charge in [-0.05, 0) is 24.3 Å². The Balaban J connectivity index is 2.52. The molecule has 0 aliphatic carbocycles. The van der Waals surface area contributed by atoms with Crippen LogP contribution in [0.15, 0.2) is 5.38 Å². The summed E-state index contributed by atoms with van der Waals surface area (Å²) in [7, 11) is 0. The van der Waals surface area contributed by atoms with Gasteiger partial charge in [0.05, 0.1) is 5.02 Å². The van der Waals surface area contributed by atoms with Gasteiger partial charge in [0, 0.05) is 10.9 Å². The van der Waals surface area contributed by atoms with E-state index in [-0.39, 0.29) is 6.04 Å². The van der Waals surface area contributed by atoms with Gasteiger partial charge < -0.3 is 5.73 Å². The van der Waals surface area contributed by atoms with Gasteiger partial charge in [0.2, 0.25) is 0 Å². The minimum atomic E-state index is 0.132. The molecule has 3 heteroatoms. The van der Waals surface area contributed by atoms with Crippen LogP contribution in [0, 0.1) is 6.92 Å². The van der Waals surface area contributed by atoms with Crippen LogP contribution in [0.25, 0.3) is 0 Å². The third-order valence-corrected chi connectivity index (χ3v) is 4.23. The van der Waals surface area contributed by atoms with E-state index in [2.05, 4.69) is 12.3 Å². The SMILES string of the molecule is CCCCCC(N)c1scc(C)c1Cl. The highest BCUT2D eigenvalue weighted by Crippen LogP contribution is 2.33. The van der Waals surface area contributed by atoms with E-state index < -0.39 is 0 Å². The Hall–Kier alpha value is -0.0500. The fourth-order valence-corrected chi connectivity index (χ4v) is 2.82. The molecule has 0 aliphatic heterocycles. The molecule has 0 aromatic carbocycles. The Bertz CT molecular complexity index is 283. The molecule has 1 aromatic rings. The molecule has 1 atom stereocenters. The van der Waals surface area contributed by atoms with Gasteiger partial charge in [-0.25, -0.2) is 0 Å². The summed E-state index contributed by atoms with van der Waals surface area (Å²) in [6.45, 7) is 4.23. The molecule has 1 unspecified atom stereocenters. The molecule has 0 spiro atoms. The first kappa shape index (κ1) is 12.0.